The van der Waals surface area contributed by atoms with Crippen LogP contribution in [0, 0.1) is 0 Å². The van der Waals surface area contributed by atoms with Gasteiger partial charge in [0.15, 0.2) is 6.29 Å². The summed E-state index contributed by atoms with van der Waals surface area (Å²) in [5.74, 6) is -0.153. The van der Waals surface area contributed by atoms with Crippen LogP contribution in [-0.2, 0) is 14.3 Å². The van der Waals surface area contributed by atoms with Crippen LogP contribution in [0.3, 0.4) is 0 Å². The molecule has 0 spiro atoms. The monoisotopic (exact) mass is 1050 g/mol. The van der Waals surface area contributed by atoms with Crippen LogP contribution in [-0.4, -0.2) is 87.5 Å². The van der Waals surface area contributed by atoms with Gasteiger partial charge < -0.3 is 40.3 Å². The van der Waals surface area contributed by atoms with E-state index in [0.29, 0.717) is 12.8 Å². The van der Waals surface area contributed by atoms with Crippen LogP contribution in [0.1, 0.15) is 316 Å². The van der Waals surface area contributed by atoms with Gasteiger partial charge in [0, 0.05) is 6.42 Å². The van der Waals surface area contributed by atoms with Crippen molar-refractivity contribution in [2.75, 3.05) is 13.2 Å². The highest BCUT2D eigenvalue weighted by molar-refractivity contribution is 5.76. The largest absolute Gasteiger partial charge is 0.394 e. The van der Waals surface area contributed by atoms with Crippen molar-refractivity contribution >= 4 is 5.91 Å². The fraction of sp³-hybridized carbons (Fsp3) is 0.892. The number of aliphatic hydroxyl groups is 5. The van der Waals surface area contributed by atoms with Gasteiger partial charge in [-0.2, -0.15) is 0 Å². The van der Waals surface area contributed by atoms with Crippen LogP contribution in [0.15, 0.2) is 36.5 Å². The van der Waals surface area contributed by atoms with Crippen molar-refractivity contribution in [1.82, 2.24) is 5.32 Å². The third kappa shape index (κ3) is 43.4. The number of amides is 1. The summed E-state index contributed by atoms with van der Waals surface area (Å²) in [5.41, 5.74) is 0. The molecule has 9 nitrogen and oxygen atoms in total. The number of hydrogen-bond acceptors (Lipinski definition) is 8. The van der Waals surface area contributed by atoms with E-state index in [1.807, 2.05) is 0 Å². The summed E-state index contributed by atoms with van der Waals surface area (Å²) in [4.78, 5) is 13.1. The maximum atomic E-state index is 13.1. The summed E-state index contributed by atoms with van der Waals surface area (Å²) >= 11 is 0. The zero-order chi connectivity index (χ0) is 53.6. The summed E-state index contributed by atoms with van der Waals surface area (Å²) in [7, 11) is 0. The number of ether oxygens (including phenoxy) is 2. The molecule has 7 unspecified atom stereocenters. The molecule has 9 heteroatoms. The molecule has 0 aromatic carbocycles. The predicted octanol–water partition coefficient (Wildman–Crippen LogP) is 16.7. The van der Waals surface area contributed by atoms with E-state index in [-0.39, 0.29) is 12.5 Å². The highest BCUT2D eigenvalue weighted by Crippen LogP contribution is 2.23. The lowest BCUT2D eigenvalue weighted by Crippen LogP contribution is -2.60. The van der Waals surface area contributed by atoms with Gasteiger partial charge in [0.2, 0.25) is 5.91 Å². The Morgan fingerprint density at radius 1 is 0.459 bits per heavy atom. The van der Waals surface area contributed by atoms with Gasteiger partial charge in [0.1, 0.15) is 24.4 Å². The predicted molar refractivity (Wildman–Crippen MR) is 313 cm³/mol. The zero-order valence-corrected chi connectivity index (χ0v) is 48.6. The van der Waals surface area contributed by atoms with Crippen LogP contribution in [0.2, 0.25) is 0 Å². The molecule has 1 amide bonds. The quantitative estimate of drug-likeness (QED) is 0.0261. The Balaban J connectivity index is 2.15. The Morgan fingerprint density at radius 2 is 0.797 bits per heavy atom. The first-order chi connectivity index (χ1) is 36.3. The molecule has 74 heavy (non-hydrogen) atoms. The van der Waals surface area contributed by atoms with Gasteiger partial charge in [0.25, 0.3) is 0 Å². The van der Waals surface area contributed by atoms with Crippen molar-refractivity contribution in [1.29, 1.82) is 0 Å². The van der Waals surface area contributed by atoms with Gasteiger partial charge in [-0.25, -0.2) is 0 Å². The lowest BCUT2D eigenvalue weighted by Gasteiger charge is -2.40. The topological polar surface area (TPSA) is 149 Å². The van der Waals surface area contributed by atoms with E-state index in [9.17, 15) is 30.3 Å². The lowest BCUT2D eigenvalue weighted by atomic mass is 9.99. The molecular weight excluding hydrogens is 923 g/mol. The summed E-state index contributed by atoms with van der Waals surface area (Å²) in [6.07, 6.45) is 64.8. The molecular formula is C65H123NO8. The average Bonchev–Trinajstić information content (AvgIpc) is 3.40. The number of rotatable bonds is 56. The van der Waals surface area contributed by atoms with Crippen molar-refractivity contribution in [3.63, 3.8) is 0 Å². The molecule has 1 rings (SSSR count). The van der Waals surface area contributed by atoms with Crippen LogP contribution >= 0.6 is 0 Å². The normalized spacial score (nSPS) is 19.1. The average molecular weight is 1050 g/mol. The minimum Gasteiger partial charge on any atom is -0.394 e. The zero-order valence-electron chi connectivity index (χ0n) is 48.6. The van der Waals surface area contributed by atoms with Crippen molar-refractivity contribution in [3.8, 4) is 0 Å². The summed E-state index contributed by atoms with van der Waals surface area (Å²) in [6, 6.07) is -0.728. The Morgan fingerprint density at radius 3 is 1.18 bits per heavy atom. The number of hydrogen-bond donors (Lipinski definition) is 6. The number of carbonyl (C=O) groups excluding carboxylic acids is 1. The number of unbranched alkanes of at least 4 members (excludes halogenated alkanes) is 40. The number of aliphatic hydroxyl groups excluding tert-OH is 5. The molecule has 1 heterocycles. The molecule has 1 saturated heterocycles. The molecule has 6 N–H and O–H groups in total. The van der Waals surface area contributed by atoms with E-state index in [0.717, 1.165) is 64.2 Å². The highest BCUT2D eigenvalue weighted by atomic mass is 16.7. The highest BCUT2D eigenvalue weighted by Gasteiger charge is 2.44. The molecule has 0 aromatic heterocycles. The number of carbonyl (C=O) groups is 1. The van der Waals surface area contributed by atoms with Gasteiger partial charge in [-0.15, -0.1) is 0 Å². The molecule has 0 bridgehead atoms. The molecule has 0 saturated carbocycles. The minimum atomic E-state index is -1.56. The summed E-state index contributed by atoms with van der Waals surface area (Å²) in [6.45, 7) is 3.86. The first-order valence-corrected chi connectivity index (χ1v) is 32.2. The van der Waals surface area contributed by atoms with Crippen molar-refractivity contribution in [2.45, 2.75) is 358 Å². The number of allylic oxidation sites excluding steroid dienone is 6. The molecule has 0 radical (unpaired) electrons. The van der Waals surface area contributed by atoms with Crippen molar-refractivity contribution in [2.24, 2.45) is 0 Å². The van der Waals surface area contributed by atoms with Crippen molar-refractivity contribution in [3.05, 3.63) is 36.5 Å². The first kappa shape index (κ1) is 70.4. The second kappa shape index (κ2) is 54.8. The summed E-state index contributed by atoms with van der Waals surface area (Å²) < 4.78 is 11.3. The fourth-order valence-electron chi connectivity index (χ4n) is 10.4. The molecule has 0 aliphatic carbocycles. The Bertz CT molecular complexity index is 1260. The fourth-order valence-corrected chi connectivity index (χ4v) is 10.4. The first-order valence-electron chi connectivity index (χ1n) is 32.2. The third-order valence-corrected chi connectivity index (χ3v) is 15.5. The van der Waals surface area contributed by atoms with E-state index in [4.69, 9.17) is 9.47 Å². The molecule has 1 aliphatic heterocycles. The standard InChI is InChI=1S/C65H123NO8/c1-3-5-7-9-11-13-15-17-19-21-23-25-26-27-28-29-30-31-32-33-35-36-38-40-42-44-46-48-50-52-54-59(68)58(57-73-65-64(72)63(71)62(70)60(56-67)74-65)66-61(69)55-53-51-49-47-45-43-41-39-37-34-24-22-20-18-16-14-12-10-8-6-4-2/h16,18,22,24,37,39,58-60,62-65,67-68,70-72H,3-15,17,19-21,23,25-36,38,40-57H2,1-2H3,(H,66,69)/b18-16-,24-22-,39-37-. The Kier molecular flexibility index (Phi) is 52.1. The molecule has 436 valence electrons. The summed E-state index contributed by atoms with van der Waals surface area (Å²) in [5, 5.41) is 54.8. The van der Waals surface area contributed by atoms with Crippen LogP contribution in [0.4, 0.5) is 0 Å². The Hall–Kier alpha value is -1.59. The lowest BCUT2D eigenvalue weighted by molar-refractivity contribution is -0.302. The van der Waals surface area contributed by atoms with Gasteiger partial charge in [0.05, 0.1) is 25.4 Å². The van der Waals surface area contributed by atoms with Gasteiger partial charge in [-0.05, 0) is 51.4 Å². The van der Waals surface area contributed by atoms with E-state index in [1.54, 1.807) is 0 Å². The van der Waals surface area contributed by atoms with Gasteiger partial charge in [-0.1, -0.05) is 294 Å². The Labute approximate surface area is 457 Å². The number of nitrogens with one attached hydrogen (secondary N) is 1. The van der Waals surface area contributed by atoms with Crippen LogP contribution < -0.4 is 5.32 Å². The molecule has 7 atom stereocenters. The smallest absolute Gasteiger partial charge is 0.220 e. The van der Waals surface area contributed by atoms with E-state index in [2.05, 4.69) is 55.6 Å². The third-order valence-electron chi connectivity index (χ3n) is 15.5. The molecule has 1 fully saturated rings. The second-order valence-corrected chi connectivity index (χ2v) is 22.6. The second-order valence-electron chi connectivity index (χ2n) is 22.6. The van der Waals surface area contributed by atoms with E-state index >= 15 is 0 Å². The molecule has 1 aliphatic rings. The SMILES string of the molecule is CCCCCCC/C=C\C/C=C\C/C=C\CCCCCCCCC(=O)NC(COC1OC(CO)C(O)C(O)C1O)C(O)CCCCCCCCCCCCCCCCCCCCCCCCCCCCCCCC. The van der Waals surface area contributed by atoms with E-state index < -0.39 is 49.5 Å². The van der Waals surface area contributed by atoms with E-state index in [1.165, 1.54) is 225 Å². The van der Waals surface area contributed by atoms with Crippen LogP contribution in [0.5, 0.6) is 0 Å². The van der Waals surface area contributed by atoms with Gasteiger partial charge in [-0.3, -0.25) is 4.79 Å². The van der Waals surface area contributed by atoms with Crippen molar-refractivity contribution < 1.29 is 39.8 Å². The minimum absolute atomic E-state index is 0.142. The van der Waals surface area contributed by atoms with Gasteiger partial charge >= 0.3 is 0 Å². The van der Waals surface area contributed by atoms with Crippen LogP contribution in [0.25, 0.3) is 0 Å². The maximum Gasteiger partial charge on any atom is 0.220 e. The molecule has 0 aromatic rings. The maximum absolute atomic E-state index is 13.1.